The maximum absolute atomic E-state index is 11.1. The molecule has 1 aromatic heterocycles. The van der Waals surface area contributed by atoms with Gasteiger partial charge in [0.15, 0.2) is 0 Å². The van der Waals surface area contributed by atoms with Crippen LogP contribution in [0.5, 0.6) is 0 Å². The molecule has 0 saturated heterocycles. The molecule has 2 rings (SSSR count). The quantitative estimate of drug-likeness (QED) is 0.801. The van der Waals surface area contributed by atoms with Crippen LogP contribution in [0.4, 0.5) is 0 Å². The number of rotatable bonds is 2. The minimum atomic E-state index is -0.147. The number of H-pyrrole nitrogens is 1. The van der Waals surface area contributed by atoms with E-state index in [1.807, 2.05) is 37.3 Å². The van der Waals surface area contributed by atoms with Crippen molar-refractivity contribution in [2.45, 2.75) is 13.3 Å². The SMILES string of the molecule is Cc1n[nH]c(=O)cc1Cc1ccccc1. The highest BCUT2D eigenvalue weighted by Crippen LogP contribution is 2.09. The predicted molar refractivity (Wildman–Crippen MR) is 58.8 cm³/mol. The van der Waals surface area contributed by atoms with Crippen LogP contribution in [-0.4, -0.2) is 10.2 Å². The van der Waals surface area contributed by atoms with Crippen LogP contribution in [0.15, 0.2) is 41.2 Å². The highest BCUT2D eigenvalue weighted by molar-refractivity contribution is 5.26. The molecule has 76 valence electrons. The molecular formula is C12H12N2O. The van der Waals surface area contributed by atoms with Crippen molar-refractivity contribution in [3.63, 3.8) is 0 Å². The minimum absolute atomic E-state index is 0.147. The molecule has 0 fully saturated rings. The zero-order valence-corrected chi connectivity index (χ0v) is 8.53. The molecule has 3 nitrogen and oxygen atoms in total. The van der Waals surface area contributed by atoms with E-state index in [4.69, 9.17) is 0 Å². The summed E-state index contributed by atoms with van der Waals surface area (Å²) in [6, 6.07) is 11.7. The van der Waals surface area contributed by atoms with Crippen molar-refractivity contribution in [1.29, 1.82) is 0 Å². The topological polar surface area (TPSA) is 45.8 Å². The summed E-state index contributed by atoms with van der Waals surface area (Å²) in [6.45, 7) is 1.90. The van der Waals surface area contributed by atoms with Crippen molar-refractivity contribution in [2.75, 3.05) is 0 Å². The number of aryl methyl sites for hydroxylation is 1. The molecule has 1 aromatic carbocycles. The minimum Gasteiger partial charge on any atom is -0.268 e. The summed E-state index contributed by atoms with van der Waals surface area (Å²) in [5.74, 6) is 0. The molecule has 0 atom stereocenters. The first kappa shape index (κ1) is 9.65. The molecule has 0 spiro atoms. The van der Waals surface area contributed by atoms with Crippen LogP contribution in [0.25, 0.3) is 0 Å². The van der Waals surface area contributed by atoms with E-state index in [9.17, 15) is 4.79 Å². The first-order chi connectivity index (χ1) is 7.25. The first-order valence-corrected chi connectivity index (χ1v) is 4.85. The molecule has 0 aliphatic carbocycles. The highest BCUT2D eigenvalue weighted by atomic mass is 16.1. The monoisotopic (exact) mass is 200 g/mol. The first-order valence-electron chi connectivity index (χ1n) is 4.85. The zero-order valence-electron chi connectivity index (χ0n) is 8.53. The van der Waals surface area contributed by atoms with Crippen LogP contribution in [0.1, 0.15) is 16.8 Å². The van der Waals surface area contributed by atoms with Gasteiger partial charge in [-0.25, -0.2) is 5.10 Å². The molecule has 0 radical (unpaired) electrons. The number of nitrogens with one attached hydrogen (secondary N) is 1. The van der Waals surface area contributed by atoms with Gasteiger partial charge in [0.1, 0.15) is 0 Å². The molecule has 0 bridgehead atoms. The lowest BCUT2D eigenvalue weighted by Crippen LogP contribution is -2.10. The van der Waals surface area contributed by atoms with Gasteiger partial charge in [0.2, 0.25) is 0 Å². The molecule has 2 aromatic rings. The van der Waals surface area contributed by atoms with E-state index in [0.29, 0.717) is 0 Å². The lowest BCUT2D eigenvalue weighted by molar-refractivity contribution is 0.912. The molecule has 0 saturated carbocycles. The van der Waals surface area contributed by atoms with Gasteiger partial charge < -0.3 is 0 Å². The third-order valence-electron chi connectivity index (χ3n) is 2.34. The molecule has 0 unspecified atom stereocenters. The van der Waals surface area contributed by atoms with E-state index in [1.165, 1.54) is 5.56 Å². The molecule has 1 heterocycles. The normalized spacial score (nSPS) is 10.2. The Morgan fingerprint density at radius 1 is 1.27 bits per heavy atom. The fourth-order valence-corrected chi connectivity index (χ4v) is 1.50. The van der Waals surface area contributed by atoms with Crippen molar-refractivity contribution in [2.24, 2.45) is 0 Å². The van der Waals surface area contributed by atoms with Gasteiger partial charge in [-0.2, -0.15) is 5.10 Å². The number of aromatic nitrogens is 2. The van der Waals surface area contributed by atoms with E-state index >= 15 is 0 Å². The van der Waals surface area contributed by atoms with Crippen molar-refractivity contribution in [1.82, 2.24) is 10.2 Å². The maximum Gasteiger partial charge on any atom is 0.264 e. The molecule has 15 heavy (non-hydrogen) atoms. The third-order valence-corrected chi connectivity index (χ3v) is 2.34. The van der Waals surface area contributed by atoms with E-state index < -0.39 is 0 Å². The fourth-order valence-electron chi connectivity index (χ4n) is 1.50. The third kappa shape index (κ3) is 2.31. The Balaban J connectivity index is 2.32. The molecule has 0 aliphatic rings. The number of hydrogen-bond donors (Lipinski definition) is 1. The van der Waals surface area contributed by atoms with Crippen LogP contribution in [0, 0.1) is 6.92 Å². The van der Waals surface area contributed by atoms with Gasteiger partial charge in [0, 0.05) is 6.07 Å². The second-order valence-corrected chi connectivity index (χ2v) is 3.51. The van der Waals surface area contributed by atoms with Crippen molar-refractivity contribution in [3.05, 3.63) is 63.6 Å². The summed E-state index contributed by atoms with van der Waals surface area (Å²) in [5.41, 5.74) is 2.89. The van der Waals surface area contributed by atoms with Gasteiger partial charge in [-0.3, -0.25) is 4.79 Å². The van der Waals surface area contributed by atoms with Crippen LogP contribution >= 0.6 is 0 Å². The van der Waals surface area contributed by atoms with Crippen molar-refractivity contribution >= 4 is 0 Å². The summed E-state index contributed by atoms with van der Waals surface area (Å²) >= 11 is 0. The Labute approximate surface area is 87.8 Å². The Morgan fingerprint density at radius 2 is 2.00 bits per heavy atom. The molecular weight excluding hydrogens is 188 g/mol. The summed E-state index contributed by atoms with van der Waals surface area (Å²) < 4.78 is 0. The number of hydrogen-bond acceptors (Lipinski definition) is 2. The standard InChI is InChI=1S/C12H12N2O/c1-9-11(8-12(15)14-13-9)7-10-5-3-2-4-6-10/h2-6,8H,7H2,1H3,(H,14,15). The average molecular weight is 200 g/mol. The fraction of sp³-hybridized carbons (Fsp3) is 0.167. The summed E-state index contributed by atoms with van der Waals surface area (Å²) in [7, 11) is 0. The maximum atomic E-state index is 11.1. The Morgan fingerprint density at radius 3 is 2.73 bits per heavy atom. The van der Waals surface area contributed by atoms with Crippen molar-refractivity contribution in [3.8, 4) is 0 Å². The highest BCUT2D eigenvalue weighted by Gasteiger charge is 2.01. The predicted octanol–water partition coefficient (Wildman–Crippen LogP) is 1.67. The molecule has 0 aliphatic heterocycles. The van der Waals surface area contributed by atoms with Gasteiger partial charge in [-0.15, -0.1) is 0 Å². The van der Waals surface area contributed by atoms with E-state index in [0.717, 1.165) is 17.7 Å². The lowest BCUT2D eigenvalue weighted by atomic mass is 10.1. The second kappa shape index (κ2) is 4.09. The van der Waals surface area contributed by atoms with Crippen LogP contribution < -0.4 is 5.56 Å². The molecule has 3 heteroatoms. The largest absolute Gasteiger partial charge is 0.268 e. The Bertz CT molecular complexity index is 503. The van der Waals surface area contributed by atoms with Gasteiger partial charge in [-0.05, 0) is 24.5 Å². The Hall–Kier alpha value is -1.90. The summed E-state index contributed by atoms with van der Waals surface area (Å²) in [4.78, 5) is 11.1. The van der Waals surface area contributed by atoms with E-state index in [2.05, 4.69) is 10.2 Å². The smallest absolute Gasteiger partial charge is 0.264 e. The van der Waals surface area contributed by atoms with Gasteiger partial charge in [0.25, 0.3) is 5.56 Å². The number of nitrogens with zero attached hydrogens (tertiary/aromatic N) is 1. The van der Waals surface area contributed by atoms with Crippen LogP contribution in [0.2, 0.25) is 0 Å². The van der Waals surface area contributed by atoms with E-state index in [1.54, 1.807) is 6.07 Å². The number of benzene rings is 1. The van der Waals surface area contributed by atoms with Crippen LogP contribution in [0.3, 0.4) is 0 Å². The van der Waals surface area contributed by atoms with Crippen molar-refractivity contribution < 1.29 is 0 Å². The average Bonchev–Trinajstić information content (AvgIpc) is 2.25. The van der Waals surface area contributed by atoms with E-state index in [-0.39, 0.29) is 5.56 Å². The zero-order chi connectivity index (χ0) is 10.7. The summed E-state index contributed by atoms with van der Waals surface area (Å²) in [5, 5.41) is 6.36. The summed E-state index contributed by atoms with van der Waals surface area (Å²) in [6.07, 6.45) is 0.754. The van der Waals surface area contributed by atoms with Gasteiger partial charge >= 0.3 is 0 Å². The lowest BCUT2D eigenvalue weighted by Gasteiger charge is -2.03. The van der Waals surface area contributed by atoms with Gasteiger partial charge in [0.05, 0.1) is 5.69 Å². The van der Waals surface area contributed by atoms with Gasteiger partial charge in [-0.1, -0.05) is 30.3 Å². The molecule has 0 amide bonds. The Kier molecular flexibility index (Phi) is 2.63. The second-order valence-electron chi connectivity index (χ2n) is 3.51. The molecule has 1 N–H and O–H groups in total. The number of aromatic amines is 1. The van der Waals surface area contributed by atoms with Crippen LogP contribution in [-0.2, 0) is 6.42 Å².